The molecule has 8 heteroatoms. The van der Waals surface area contributed by atoms with Crippen molar-refractivity contribution in [3.63, 3.8) is 0 Å². The molecule has 33 heavy (non-hydrogen) atoms. The van der Waals surface area contributed by atoms with Crippen LogP contribution in [-0.2, 0) is 16.0 Å². The first-order valence-corrected chi connectivity index (χ1v) is 12.3. The van der Waals surface area contributed by atoms with Gasteiger partial charge in [0, 0.05) is 27.7 Å². The van der Waals surface area contributed by atoms with Crippen LogP contribution in [0.5, 0.6) is 0 Å². The lowest BCUT2D eigenvalue weighted by Gasteiger charge is -2.34. The number of hydrogen-bond acceptors (Lipinski definition) is 4. The second kappa shape index (κ2) is 10.9. The first-order valence-electron chi connectivity index (χ1n) is 11.0. The highest BCUT2D eigenvalue weighted by Crippen LogP contribution is 2.33. The zero-order chi connectivity index (χ0) is 23.2. The molecule has 1 aliphatic carbocycles. The maximum Gasteiger partial charge on any atom is 0.248 e. The fraction of sp³-hybridized carbons (Fsp3) is 0.320. The average Bonchev–Trinajstić information content (AvgIpc) is 3.31. The number of nitrogens with one attached hydrogen (secondary N) is 1. The first-order chi connectivity index (χ1) is 16.0. The second-order valence-electron chi connectivity index (χ2n) is 8.17. The Morgan fingerprint density at radius 2 is 1.94 bits per heavy atom. The number of anilines is 1. The number of carbonyl (C=O) groups is 2. The summed E-state index contributed by atoms with van der Waals surface area (Å²) in [4.78, 5) is 32.8. The van der Waals surface area contributed by atoms with E-state index in [0.29, 0.717) is 22.0 Å². The molecule has 0 radical (unpaired) electrons. The Labute approximate surface area is 201 Å². The molecule has 1 atom stereocenters. The SMILES string of the molecule is O=C(NC1CCCCC1)C(c1ccccc1Cl)N(C(=O)Cc1cscn1)c1cccc(F)c1. The van der Waals surface area contributed by atoms with Crippen LogP contribution in [0.15, 0.2) is 59.4 Å². The van der Waals surface area contributed by atoms with E-state index >= 15 is 0 Å². The molecule has 172 valence electrons. The molecule has 0 aliphatic heterocycles. The summed E-state index contributed by atoms with van der Waals surface area (Å²) in [5, 5.41) is 5.28. The lowest BCUT2D eigenvalue weighted by molar-refractivity contribution is -0.127. The molecular weight excluding hydrogens is 461 g/mol. The largest absolute Gasteiger partial charge is 0.351 e. The van der Waals surface area contributed by atoms with Crippen molar-refractivity contribution in [1.29, 1.82) is 0 Å². The molecule has 1 aromatic heterocycles. The molecule has 1 unspecified atom stereocenters. The first kappa shape index (κ1) is 23.4. The molecule has 1 heterocycles. The van der Waals surface area contributed by atoms with Gasteiger partial charge in [-0.3, -0.25) is 14.5 Å². The third kappa shape index (κ3) is 5.78. The van der Waals surface area contributed by atoms with Crippen LogP contribution in [0, 0.1) is 5.82 Å². The Morgan fingerprint density at radius 3 is 2.64 bits per heavy atom. The van der Waals surface area contributed by atoms with Crippen LogP contribution >= 0.6 is 22.9 Å². The lowest BCUT2D eigenvalue weighted by Crippen LogP contribution is -2.48. The maximum atomic E-state index is 14.2. The van der Waals surface area contributed by atoms with E-state index in [1.807, 2.05) is 0 Å². The van der Waals surface area contributed by atoms with Crippen molar-refractivity contribution in [3.8, 4) is 0 Å². The molecule has 2 aromatic carbocycles. The maximum absolute atomic E-state index is 14.2. The molecule has 0 saturated heterocycles. The Balaban J connectivity index is 1.76. The number of thiazole rings is 1. The normalized spacial score (nSPS) is 15.1. The van der Waals surface area contributed by atoms with Gasteiger partial charge in [-0.05, 0) is 37.1 Å². The van der Waals surface area contributed by atoms with Gasteiger partial charge < -0.3 is 5.32 Å². The number of aromatic nitrogens is 1. The monoisotopic (exact) mass is 485 g/mol. The Kier molecular flexibility index (Phi) is 7.73. The highest BCUT2D eigenvalue weighted by Gasteiger charge is 2.35. The standard InChI is InChI=1S/C25H25ClFN3O2S/c26-22-12-5-4-11-21(22)24(25(32)29-18-8-2-1-3-9-18)30(20-10-6-7-17(27)13-20)23(31)14-19-15-33-16-28-19/h4-7,10-13,15-16,18,24H,1-3,8-9,14H2,(H,29,32). The van der Waals surface area contributed by atoms with Crippen molar-refractivity contribution in [2.75, 3.05) is 4.90 Å². The van der Waals surface area contributed by atoms with Gasteiger partial charge in [-0.1, -0.05) is 55.1 Å². The third-order valence-corrected chi connectivity index (χ3v) is 6.81. The zero-order valence-electron chi connectivity index (χ0n) is 18.0. The van der Waals surface area contributed by atoms with Crippen molar-refractivity contribution < 1.29 is 14.0 Å². The Morgan fingerprint density at radius 1 is 1.15 bits per heavy atom. The lowest BCUT2D eigenvalue weighted by atomic mass is 9.94. The quantitative estimate of drug-likeness (QED) is 0.466. The van der Waals surface area contributed by atoms with E-state index in [1.165, 1.54) is 34.4 Å². The van der Waals surface area contributed by atoms with Crippen LogP contribution in [0.1, 0.15) is 49.4 Å². The van der Waals surface area contributed by atoms with Gasteiger partial charge >= 0.3 is 0 Å². The molecule has 1 saturated carbocycles. The minimum atomic E-state index is -1.05. The topological polar surface area (TPSA) is 62.3 Å². The fourth-order valence-electron chi connectivity index (χ4n) is 4.25. The van der Waals surface area contributed by atoms with Crippen molar-refractivity contribution in [2.24, 2.45) is 0 Å². The van der Waals surface area contributed by atoms with E-state index < -0.39 is 11.9 Å². The summed E-state index contributed by atoms with van der Waals surface area (Å²) < 4.78 is 14.2. The molecule has 1 aliphatic rings. The van der Waals surface area contributed by atoms with Gasteiger partial charge in [0.1, 0.15) is 11.9 Å². The number of benzene rings is 2. The number of nitrogens with zero attached hydrogens (tertiary/aromatic N) is 2. The number of halogens is 2. The second-order valence-corrected chi connectivity index (χ2v) is 9.29. The van der Waals surface area contributed by atoms with E-state index in [0.717, 1.165) is 32.1 Å². The van der Waals surface area contributed by atoms with Crippen molar-refractivity contribution >= 4 is 40.4 Å². The van der Waals surface area contributed by atoms with Crippen molar-refractivity contribution in [3.05, 3.63) is 81.5 Å². The summed E-state index contributed by atoms with van der Waals surface area (Å²) >= 11 is 7.90. The average molecular weight is 486 g/mol. The molecule has 5 nitrogen and oxygen atoms in total. The van der Waals surface area contributed by atoms with Gasteiger partial charge in [-0.15, -0.1) is 11.3 Å². The summed E-state index contributed by atoms with van der Waals surface area (Å²) in [5.74, 6) is -1.19. The molecule has 1 N–H and O–H groups in total. The van der Waals surface area contributed by atoms with Gasteiger partial charge in [-0.25, -0.2) is 9.37 Å². The summed E-state index contributed by atoms with van der Waals surface area (Å²) in [7, 11) is 0. The van der Waals surface area contributed by atoms with Crippen LogP contribution in [0.25, 0.3) is 0 Å². The number of rotatable bonds is 7. The van der Waals surface area contributed by atoms with Crippen LogP contribution in [0.2, 0.25) is 5.02 Å². The van der Waals surface area contributed by atoms with Gasteiger partial charge in [0.2, 0.25) is 11.8 Å². The van der Waals surface area contributed by atoms with Gasteiger partial charge in [0.05, 0.1) is 17.6 Å². The van der Waals surface area contributed by atoms with E-state index in [2.05, 4.69) is 10.3 Å². The van der Waals surface area contributed by atoms with Crippen LogP contribution in [0.3, 0.4) is 0 Å². The highest BCUT2D eigenvalue weighted by atomic mass is 35.5. The van der Waals surface area contributed by atoms with Gasteiger partial charge in [0.15, 0.2) is 0 Å². The highest BCUT2D eigenvalue weighted by molar-refractivity contribution is 7.07. The van der Waals surface area contributed by atoms with E-state index in [4.69, 9.17) is 11.6 Å². The van der Waals surface area contributed by atoms with Crippen LogP contribution in [-0.4, -0.2) is 22.8 Å². The van der Waals surface area contributed by atoms with Gasteiger partial charge in [-0.2, -0.15) is 0 Å². The van der Waals surface area contributed by atoms with Crippen molar-refractivity contribution in [1.82, 2.24) is 10.3 Å². The molecule has 3 aromatic rings. The zero-order valence-corrected chi connectivity index (χ0v) is 19.6. The molecule has 1 fully saturated rings. The summed E-state index contributed by atoms with van der Waals surface area (Å²) in [6, 6.07) is 11.7. The Bertz CT molecular complexity index is 1100. The van der Waals surface area contributed by atoms with E-state index in [-0.39, 0.29) is 24.3 Å². The molecular formula is C25H25ClFN3O2S. The smallest absolute Gasteiger partial charge is 0.248 e. The molecule has 2 amide bonds. The minimum absolute atomic E-state index is 0.0162. The number of hydrogen-bond donors (Lipinski definition) is 1. The summed E-state index contributed by atoms with van der Waals surface area (Å²) in [5.41, 5.74) is 3.02. The molecule has 0 spiro atoms. The number of carbonyl (C=O) groups excluding carboxylic acids is 2. The summed E-state index contributed by atoms with van der Waals surface area (Å²) in [6.45, 7) is 0. The number of amides is 2. The summed E-state index contributed by atoms with van der Waals surface area (Å²) in [6.07, 6.45) is 5.04. The van der Waals surface area contributed by atoms with Gasteiger partial charge in [0.25, 0.3) is 0 Å². The van der Waals surface area contributed by atoms with E-state index in [9.17, 15) is 14.0 Å². The third-order valence-electron chi connectivity index (χ3n) is 5.83. The predicted molar refractivity (Wildman–Crippen MR) is 129 cm³/mol. The van der Waals surface area contributed by atoms with E-state index in [1.54, 1.807) is 41.2 Å². The van der Waals surface area contributed by atoms with Crippen LogP contribution in [0.4, 0.5) is 10.1 Å². The predicted octanol–water partition coefficient (Wildman–Crippen LogP) is 5.70. The molecule has 4 rings (SSSR count). The Hall–Kier alpha value is -2.77. The van der Waals surface area contributed by atoms with Crippen LogP contribution < -0.4 is 10.2 Å². The molecule has 0 bridgehead atoms. The minimum Gasteiger partial charge on any atom is -0.351 e. The van der Waals surface area contributed by atoms with Crippen molar-refractivity contribution in [2.45, 2.75) is 50.6 Å². The fourth-order valence-corrected chi connectivity index (χ4v) is 5.05.